The second-order valence-electron chi connectivity index (χ2n) is 5.90. The molecule has 2 aliphatic carbocycles. The van der Waals surface area contributed by atoms with Crippen LogP contribution < -0.4 is 0 Å². The van der Waals surface area contributed by atoms with Crippen molar-refractivity contribution in [1.29, 1.82) is 0 Å². The molecule has 1 aromatic rings. The zero-order valence-electron chi connectivity index (χ0n) is 11.9. The van der Waals surface area contributed by atoms with E-state index < -0.39 is 5.97 Å². The Morgan fingerprint density at radius 1 is 1.24 bits per heavy atom. The first kappa shape index (κ1) is 13.8. The van der Waals surface area contributed by atoms with Crippen LogP contribution in [0.15, 0.2) is 42.0 Å². The molecule has 0 amide bonds. The first-order valence-electron chi connectivity index (χ1n) is 7.36. The number of fused-ring (bicyclic) bond motifs is 1. The highest BCUT2D eigenvalue weighted by molar-refractivity contribution is 6.13. The maximum absolute atomic E-state index is 12.4. The number of benzene rings is 1. The molecule has 0 aromatic heterocycles. The standard InChI is InChI=1S/C18H18O3/c1-11-8-15(18(20)21)9-14-7-6-13(10-16(14)17(11)19)12-4-2-3-5-12/h6-8,10,12H,1-5,9H2,(H,20,21). The van der Waals surface area contributed by atoms with Gasteiger partial charge in [0.25, 0.3) is 0 Å². The summed E-state index contributed by atoms with van der Waals surface area (Å²) in [7, 11) is 0. The highest BCUT2D eigenvalue weighted by atomic mass is 16.4. The van der Waals surface area contributed by atoms with Gasteiger partial charge >= 0.3 is 5.97 Å². The molecule has 1 saturated carbocycles. The van der Waals surface area contributed by atoms with Crippen LogP contribution in [0.1, 0.15) is 53.1 Å². The topological polar surface area (TPSA) is 54.4 Å². The van der Waals surface area contributed by atoms with Crippen molar-refractivity contribution in [3.05, 3.63) is 58.7 Å². The molecule has 1 aromatic carbocycles. The van der Waals surface area contributed by atoms with E-state index in [-0.39, 0.29) is 23.4 Å². The van der Waals surface area contributed by atoms with E-state index in [1.165, 1.54) is 37.3 Å². The number of hydrogen-bond acceptors (Lipinski definition) is 2. The van der Waals surface area contributed by atoms with E-state index >= 15 is 0 Å². The van der Waals surface area contributed by atoms with Crippen LogP contribution in [0.5, 0.6) is 0 Å². The van der Waals surface area contributed by atoms with Crippen molar-refractivity contribution in [3.63, 3.8) is 0 Å². The van der Waals surface area contributed by atoms with Crippen molar-refractivity contribution in [2.24, 2.45) is 0 Å². The lowest BCUT2D eigenvalue weighted by Crippen LogP contribution is -2.06. The van der Waals surface area contributed by atoms with Crippen LogP contribution in [0.4, 0.5) is 0 Å². The number of hydrogen-bond donors (Lipinski definition) is 1. The lowest BCUT2D eigenvalue weighted by atomic mass is 9.91. The molecule has 1 fully saturated rings. The molecule has 0 unspecified atom stereocenters. The predicted molar refractivity (Wildman–Crippen MR) is 80.5 cm³/mol. The molecule has 0 saturated heterocycles. The molecule has 21 heavy (non-hydrogen) atoms. The molecule has 3 heteroatoms. The molecule has 0 heterocycles. The number of carboxylic acid groups (broad SMARTS) is 1. The van der Waals surface area contributed by atoms with E-state index in [1.54, 1.807) is 0 Å². The summed E-state index contributed by atoms with van der Waals surface area (Å²) < 4.78 is 0. The van der Waals surface area contributed by atoms with Gasteiger partial charge in [0, 0.05) is 23.1 Å². The molecule has 3 nitrogen and oxygen atoms in total. The first-order valence-corrected chi connectivity index (χ1v) is 7.36. The number of aliphatic carboxylic acids is 1. The summed E-state index contributed by atoms with van der Waals surface area (Å²) in [5, 5.41) is 9.20. The van der Waals surface area contributed by atoms with Gasteiger partial charge in [-0.3, -0.25) is 4.79 Å². The van der Waals surface area contributed by atoms with Crippen molar-refractivity contribution in [2.45, 2.75) is 38.0 Å². The summed E-state index contributed by atoms with van der Waals surface area (Å²) in [5.41, 5.74) is 3.09. The minimum atomic E-state index is -0.989. The van der Waals surface area contributed by atoms with E-state index in [0.29, 0.717) is 11.5 Å². The largest absolute Gasteiger partial charge is 0.478 e. The number of carbonyl (C=O) groups is 2. The van der Waals surface area contributed by atoms with Crippen LogP contribution >= 0.6 is 0 Å². The van der Waals surface area contributed by atoms with Crippen LogP contribution in [0.2, 0.25) is 0 Å². The Hall–Kier alpha value is -2.16. The lowest BCUT2D eigenvalue weighted by Gasteiger charge is -2.13. The number of Topliss-reactive ketones (excluding diaryl/α,β-unsaturated/α-hetero) is 1. The van der Waals surface area contributed by atoms with Crippen molar-refractivity contribution in [1.82, 2.24) is 0 Å². The van der Waals surface area contributed by atoms with Crippen LogP contribution in [0.25, 0.3) is 0 Å². The smallest absolute Gasteiger partial charge is 0.331 e. The van der Waals surface area contributed by atoms with Crippen LogP contribution in [0, 0.1) is 0 Å². The third-order valence-electron chi connectivity index (χ3n) is 4.50. The van der Waals surface area contributed by atoms with Gasteiger partial charge in [-0.05, 0) is 42.0 Å². The van der Waals surface area contributed by atoms with E-state index in [2.05, 4.69) is 12.6 Å². The highest BCUT2D eigenvalue weighted by Gasteiger charge is 2.24. The molecule has 0 radical (unpaired) electrons. The second kappa shape index (κ2) is 5.32. The summed E-state index contributed by atoms with van der Waals surface area (Å²) in [6.45, 7) is 3.72. The van der Waals surface area contributed by atoms with Crippen LogP contribution in [-0.2, 0) is 11.2 Å². The van der Waals surface area contributed by atoms with Crippen LogP contribution in [0.3, 0.4) is 0 Å². The van der Waals surface area contributed by atoms with Gasteiger partial charge in [-0.15, -0.1) is 0 Å². The third kappa shape index (κ3) is 2.56. The molecule has 0 spiro atoms. The maximum Gasteiger partial charge on any atom is 0.331 e. The van der Waals surface area contributed by atoms with Crippen LogP contribution in [-0.4, -0.2) is 16.9 Å². The Labute approximate surface area is 124 Å². The Morgan fingerprint density at radius 2 is 1.95 bits per heavy atom. The Bertz CT molecular complexity index is 661. The van der Waals surface area contributed by atoms with Gasteiger partial charge in [-0.25, -0.2) is 4.79 Å². The van der Waals surface area contributed by atoms with Gasteiger partial charge in [0.2, 0.25) is 0 Å². The van der Waals surface area contributed by atoms with Gasteiger partial charge in [0.05, 0.1) is 0 Å². The van der Waals surface area contributed by atoms with Crippen molar-refractivity contribution in [3.8, 4) is 0 Å². The third-order valence-corrected chi connectivity index (χ3v) is 4.50. The summed E-state index contributed by atoms with van der Waals surface area (Å²) in [6, 6.07) is 5.92. The van der Waals surface area contributed by atoms with Gasteiger partial charge in [0.15, 0.2) is 5.78 Å². The van der Waals surface area contributed by atoms with Crippen molar-refractivity contribution >= 4 is 11.8 Å². The Kier molecular flexibility index (Phi) is 3.50. The molecule has 0 atom stereocenters. The van der Waals surface area contributed by atoms with Gasteiger partial charge in [0.1, 0.15) is 0 Å². The molecule has 2 aliphatic rings. The number of ketones is 1. The van der Waals surface area contributed by atoms with E-state index in [4.69, 9.17) is 0 Å². The molecule has 1 N–H and O–H groups in total. The summed E-state index contributed by atoms with van der Waals surface area (Å²) >= 11 is 0. The fourth-order valence-corrected chi connectivity index (χ4v) is 3.32. The molecule has 108 valence electrons. The molecule has 0 bridgehead atoms. The van der Waals surface area contributed by atoms with E-state index in [0.717, 1.165) is 5.56 Å². The summed E-state index contributed by atoms with van der Waals surface area (Å²) in [5.74, 6) is -0.607. The fourth-order valence-electron chi connectivity index (χ4n) is 3.32. The van der Waals surface area contributed by atoms with Crippen molar-refractivity contribution < 1.29 is 14.7 Å². The SMILES string of the molecule is C=C1C=C(C(=O)O)Cc2ccc(C3CCCC3)cc2C1=O. The zero-order valence-corrected chi connectivity index (χ0v) is 11.9. The fraction of sp³-hybridized carbons (Fsp3) is 0.333. The van der Waals surface area contributed by atoms with E-state index in [9.17, 15) is 14.7 Å². The van der Waals surface area contributed by atoms with Gasteiger partial charge in [-0.1, -0.05) is 31.6 Å². The number of carboxylic acids is 1. The minimum Gasteiger partial charge on any atom is -0.478 e. The monoisotopic (exact) mass is 282 g/mol. The van der Waals surface area contributed by atoms with Gasteiger partial charge in [-0.2, -0.15) is 0 Å². The van der Waals surface area contributed by atoms with E-state index in [1.807, 2.05) is 12.1 Å². The molecule has 0 aliphatic heterocycles. The number of carbonyl (C=O) groups excluding carboxylic acids is 1. The Balaban J connectivity index is 2.03. The summed E-state index contributed by atoms with van der Waals surface area (Å²) in [6.07, 6.45) is 6.51. The average molecular weight is 282 g/mol. The molecule has 3 rings (SSSR count). The molecular weight excluding hydrogens is 264 g/mol. The maximum atomic E-state index is 12.4. The minimum absolute atomic E-state index is 0.152. The zero-order chi connectivity index (χ0) is 15.0. The highest BCUT2D eigenvalue weighted by Crippen LogP contribution is 2.36. The van der Waals surface area contributed by atoms with Crippen molar-refractivity contribution in [2.75, 3.05) is 0 Å². The number of rotatable bonds is 2. The average Bonchev–Trinajstić information content (AvgIpc) is 2.96. The normalized spacial score (nSPS) is 19.1. The first-order chi connectivity index (χ1) is 10.1. The second-order valence-corrected chi connectivity index (χ2v) is 5.90. The Morgan fingerprint density at radius 3 is 2.62 bits per heavy atom. The van der Waals surface area contributed by atoms with Gasteiger partial charge < -0.3 is 5.11 Å². The quantitative estimate of drug-likeness (QED) is 0.842. The number of allylic oxidation sites excluding steroid dienone is 2. The molecular formula is C18H18O3. The lowest BCUT2D eigenvalue weighted by molar-refractivity contribution is -0.132. The summed E-state index contributed by atoms with van der Waals surface area (Å²) in [4.78, 5) is 23.7. The predicted octanol–water partition coefficient (Wildman–Crippen LogP) is 3.65.